The van der Waals surface area contributed by atoms with Crippen molar-refractivity contribution in [3.05, 3.63) is 0 Å². The number of piperidine rings is 1. The van der Waals surface area contributed by atoms with E-state index in [1.165, 1.54) is 25.7 Å². The first-order chi connectivity index (χ1) is 12.9. The van der Waals surface area contributed by atoms with E-state index in [-0.39, 0.29) is 6.09 Å². The van der Waals surface area contributed by atoms with Crippen molar-refractivity contribution in [2.45, 2.75) is 64.9 Å². The predicted octanol–water partition coefficient (Wildman–Crippen LogP) is 3.33. The Balaban J connectivity index is 1.47. The molecule has 0 bridgehead atoms. The summed E-state index contributed by atoms with van der Waals surface area (Å²) < 4.78 is 5.54. The van der Waals surface area contributed by atoms with Gasteiger partial charge < -0.3 is 19.9 Å². The molecule has 3 rings (SSSR count). The van der Waals surface area contributed by atoms with E-state index in [0.29, 0.717) is 5.92 Å². The summed E-state index contributed by atoms with van der Waals surface area (Å²) in [5.74, 6) is 3.20. The fourth-order valence-corrected chi connectivity index (χ4v) is 4.87. The Morgan fingerprint density at radius 2 is 1.70 bits per heavy atom. The average Bonchev–Trinajstić information content (AvgIpc) is 3.05. The third kappa shape index (κ3) is 5.52. The highest BCUT2D eigenvalue weighted by Crippen LogP contribution is 2.36. The third-order valence-electron chi connectivity index (χ3n) is 6.21. The van der Waals surface area contributed by atoms with Crippen LogP contribution in [0.4, 0.5) is 4.79 Å². The monoisotopic (exact) mass is 378 g/mol. The van der Waals surface area contributed by atoms with Crippen molar-refractivity contribution in [1.29, 1.82) is 0 Å². The summed E-state index contributed by atoms with van der Waals surface area (Å²) in [6.07, 6.45) is 7.55. The van der Waals surface area contributed by atoms with Gasteiger partial charge >= 0.3 is 6.09 Å². The molecule has 154 valence electrons. The summed E-state index contributed by atoms with van der Waals surface area (Å²) in [6.45, 7) is 10.5. The maximum atomic E-state index is 12.4. The molecule has 1 N–H and O–H groups in total. The zero-order chi connectivity index (χ0) is 19.4. The summed E-state index contributed by atoms with van der Waals surface area (Å²) in [5, 5.41) is 3.60. The van der Waals surface area contributed by atoms with E-state index < -0.39 is 5.60 Å². The van der Waals surface area contributed by atoms with Gasteiger partial charge in [0.2, 0.25) is 0 Å². The van der Waals surface area contributed by atoms with Gasteiger partial charge in [-0.05, 0) is 64.2 Å². The van der Waals surface area contributed by atoms with Gasteiger partial charge in [0, 0.05) is 39.8 Å². The van der Waals surface area contributed by atoms with Crippen LogP contribution in [0.1, 0.15) is 59.3 Å². The lowest BCUT2D eigenvalue weighted by atomic mass is 9.82. The fraction of sp³-hybridized carbons (Fsp3) is 0.905. The van der Waals surface area contributed by atoms with Gasteiger partial charge in [0.25, 0.3) is 0 Å². The average molecular weight is 379 g/mol. The van der Waals surface area contributed by atoms with Crippen LogP contribution in [0.5, 0.6) is 0 Å². The minimum atomic E-state index is -0.434. The second-order valence-electron chi connectivity index (χ2n) is 9.57. The van der Waals surface area contributed by atoms with E-state index in [2.05, 4.69) is 15.2 Å². The summed E-state index contributed by atoms with van der Waals surface area (Å²) in [6, 6.07) is 0. The Morgan fingerprint density at radius 1 is 1.04 bits per heavy atom. The van der Waals surface area contributed by atoms with Crippen LogP contribution in [-0.4, -0.2) is 67.2 Å². The van der Waals surface area contributed by atoms with Crippen molar-refractivity contribution in [1.82, 2.24) is 15.1 Å². The van der Waals surface area contributed by atoms with Crippen molar-refractivity contribution in [2.75, 3.05) is 39.8 Å². The molecule has 3 atom stereocenters. The highest BCUT2D eigenvalue weighted by molar-refractivity contribution is 5.80. The quantitative estimate of drug-likeness (QED) is 0.591. The summed E-state index contributed by atoms with van der Waals surface area (Å²) >= 11 is 0. The van der Waals surface area contributed by atoms with Gasteiger partial charge in [0.05, 0.1) is 0 Å². The van der Waals surface area contributed by atoms with Crippen LogP contribution in [0.3, 0.4) is 0 Å². The van der Waals surface area contributed by atoms with E-state index in [4.69, 9.17) is 4.74 Å². The zero-order valence-corrected chi connectivity index (χ0v) is 17.7. The first kappa shape index (κ1) is 20.3. The molecule has 0 spiro atoms. The van der Waals surface area contributed by atoms with Crippen LogP contribution < -0.4 is 5.32 Å². The zero-order valence-electron chi connectivity index (χ0n) is 17.7. The number of amides is 1. The number of guanidine groups is 1. The largest absolute Gasteiger partial charge is 0.444 e. The number of ether oxygens (including phenoxy) is 1. The Labute approximate surface area is 164 Å². The highest BCUT2D eigenvalue weighted by Gasteiger charge is 2.36. The molecule has 0 aromatic rings. The topological polar surface area (TPSA) is 57.2 Å². The summed E-state index contributed by atoms with van der Waals surface area (Å²) in [7, 11) is 1.89. The van der Waals surface area contributed by atoms with Crippen molar-refractivity contribution in [3.63, 3.8) is 0 Å². The van der Waals surface area contributed by atoms with Gasteiger partial charge in [-0.2, -0.15) is 0 Å². The van der Waals surface area contributed by atoms with Gasteiger partial charge in [0.1, 0.15) is 5.60 Å². The number of rotatable bonds is 2. The molecule has 6 heteroatoms. The number of nitrogens with one attached hydrogen (secondary N) is 1. The Hall–Kier alpha value is -1.46. The maximum absolute atomic E-state index is 12.4. The lowest BCUT2D eigenvalue weighted by molar-refractivity contribution is 0.0168. The molecular weight excluding hydrogens is 340 g/mol. The smallest absolute Gasteiger partial charge is 0.410 e. The second-order valence-corrected chi connectivity index (χ2v) is 9.57. The normalized spacial score (nSPS) is 29.5. The molecule has 3 fully saturated rings. The predicted molar refractivity (Wildman–Crippen MR) is 109 cm³/mol. The van der Waals surface area contributed by atoms with Crippen LogP contribution in [0.15, 0.2) is 4.99 Å². The minimum absolute atomic E-state index is 0.180. The molecule has 0 radical (unpaired) electrons. The maximum Gasteiger partial charge on any atom is 0.410 e. The van der Waals surface area contributed by atoms with E-state index >= 15 is 0 Å². The van der Waals surface area contributed by atoms with E-state index in [0.717, 1.165) is 63.4 Å². The molecule has 1 aliphatic carbocycles. The number of carbonyl (C=O) groups excluding carboxylic acids is 1. The van der Waals surface area contributed by atoms with Crippen molar-refractivity contribution >= 4 is 12.1 Å². The SMILES string of the molecule is CN=C(NCC1CCCN(C(=O)OC(C)(C)C)C1)N1CC2CCCCC2C1. The van der Waals surface area contributed by atoms with Crippen molar-refractivity contribution in [2.24, 2.45) is 22.7 Å². The molecular formula is C21H38N4O2. The molecule has 2 heterocycles. The van der Waals surface area contributed by atoms with Gasteiger partial charge in [-0.15, -0.1) is 0 Å². The molecule has 0 aromatic heterocycles. The molecule has 6 nitrogen and oxygen atoms in total. The van der Waals surface area contributed by atoms with Crippen molar-refractivity contribution < 1.29 is 9.53 Å². The van der Waals surface area contributed by atoms with E-state index in [1.54, 1.807) is 0 Å². The van der Waals surface area contributed by atoms with Crippen LogP contribution in [0.25, 0.3) is 0 Å². The number of hydrogen-bond acceptors (Lipinski definition) is 3. The molecule has 0 aromatic carbocycles. The number of nitrogens with zero attached hydrogens (tertiary/aromatic N) is 3. The molecule has 27 heavy (non-hydrogen) atoms. The first-order valence-corrected chi connectivity index (χ1v) is 10.8. The number of carbonyl (C=O) groups is 1. The molecule has 3 aliphatic rings. The van der Waals surface area contributed by atoms with Crippen LogP contribution >= 0.6 is 0 Å². The van der Waals surface area contributed by atoms with E-state index in [1.807, 2.05) is 32.7 Å². The summed E-state index contributed by atoms with van der Waals surface area (Å²) in [4.78, 5) is 21.2. The fourth-order valence-electron chi connectivity index (χ4n) is 4.87. The molecule has 3 unspecified atom stereocenters. The Bertz CT molecular complexity index is 529. The van der Waals surface area contributed by atoms with Crippen LogP contribution in [0.2, 0.25) is 0 Å². The number of aliphatic imine (C=N–C) groups is 1. The van der Waals surface area contributed by atoms with E-state index in [9.17, 15) is 4.79 Å². The standard InChI is InChI=1S/C21H38N4O2/c1-21(2,3)27-20(26)24-11-7-8-16(13-24)12-23-19(22-4)25-14-17-9-5-6-10-18(17)15-25/h16-18H,5-15H2,1-4H3,(H,22,23). The highest BCUT2D eigenvalue weighted by atomic mass is 16.6. The van der Waals surface area contributed by atoms with Gasteiger partial charge in [0.15, 0.2) is 5.96 Å². The molecule has 2 saturated heterocycles. The molecule has 2 aliphatic heterocycles. The van der Waals surface area contributed by atoms with Gasteiger partial charge in [-0.1, -0.05) is 12.8 Å². The lowest BCUT2D eigenvalue weighted by Gasteiger charge is -2.34. The second kappa shape index (κ2) is 8.70. The number of hydrogen-bond donors (Lipinski definition) is 1. The van der Waals surface area contributed by atoms with Crippen molar-refractivity contribution in [3.8, 4) is 0 Å². The van der Waals surface area contributed by atoms with Gasteiger partial charge in [-0.3, -0.25) is 4.99 Å². The third-order valence-corrected chi connectivity index (χ3v) is 6.21. The van der Waals surface area contributed by atoms with Crippen LogP contribution in [-0.2, 0) is 4.74 Å². The van der Waals surface area contributed by atoms with Gasteiger partial charge in [-0.25, -0.2) is 4.79 Å². The molecule has 1 amide bonds. The summed E-state index contributed by atoms with van der Waals surface area (Å²) in [5.41, 5.74) is -0.434. The molecule has 1 saturated carbocycles. The first-order valence-electron chi connectivity index (χ1n) is 10.8. The lowest BCUT2D eigenvalue weighted by Crippen LogP contribution is -2.47. The number of fused-ring (bicyclic) bond motifs is 1. The van der Waals surface area contributed by atoms with Crippen LogP contribution in [0, 0.1) is 17.8 Å². The number of likely N-dealkylation sites (tertiary alicyclic amines) is 2. The Morgan fingerprint density at radius 3 is 2.30 bits per heavy atom. The Kier molecular flexibility index (Phi) is 6.53. The minimum Gasteiger partial charge on any atom is -0.444 e.